The van der Waals surface area contributed by atoms with E-state index in [0.717, 1.165) is 50.1 Å². The number of para-hydroxylation sites is 1. The Morgan fingerprint density at radius 2 is 0.726 bits per heavy atom. The molecule has 0 bridgehead atoms. The molecule has 3 heterocycles. The number of thiophene rings is 1. The van der Waals surface area contributed by atoms with Crippen LogP contribution < -0.4 is 0 Å². The van der Waals surface area contributed by atoms with Gasteiger partial charge in [0.1, 0.15) is 0 Å². The largest absolute Gasteiger partial charge is 0.309 e. The number of nitrogens with zero attached hydrogens (tertiary/aromatic N) is 4. The standard InChI is InChI=1S/C57H36N4S/c1-4-14-37(15-5-1)39-24-26-41(27-25-39)44-32-45(57-59-55(42-18-8-3-9-19-42)58-56(60-57)43-30-28-40(29-31-43)38-16-6-2-7-17-38)34-46(33-44)61-51-22-12-10-20-47(51)49-36-54-50(35-52(49)61)48-21-11-13-23-53(48)62-54/h1-36H. The number of aromatic nitrogens is 4. The number of hydrogen-bond acceptors (Lipinski definition) is 4. The highest BCUT2D eigenvalue weighted by Gasteiger charge is 2.19. The maximum Gasteiger partial charge on any atom is 0.164 e. The average molecular weight is 809 g/mol. The van der Waals surface area contributed by atoms with Gasteiger partial charge < -0.3 is 4.57 Å². The highest BCUT2D eigenvalue weighted by atomic mass is 32.1. The first-order valence-corrected chi connectivity index (χ1v) is 21.7. The van der Waals surface area contributed by atoms with Crippen molar-refractivity contribution in [3.05, 3.63) is 218 Å². The quantitative estimate of drug-likeness (QED) is 0.161. The van der Waals surface area contributed by atoms with Crippen LogP contribution in [0.2, 0.25) is 0 Å². The topological polar surface area (TPSA) is 43.6 Å². The van der Waals surface area contributed by atoms with Crippen molar-refractivity contribution in [2.45, 2.75) is 0 Å². The second kappa shape index (κ2) is 14.9. The first-order valence-electron chi connectivity index (χ1n) is 20.8. The number of fused-ring (bicyclic) bond motifs is 6. The van der Waals surface area contributed by atoms with Gasteiger partial charge in [-0.3, -0.25) is 0 Å². The molecule has 62 heavy (non-hydrogen) atoms. The van der Waals surface area contributed by atoms with Crippen LogP contribution in [-0.4, -0.2) is 19.5 Å². The lowest BCUT2D eigenvalue weighted by Crippen LogP contribution is -2.02. The van der Waals surface area contributed by atoms with E-state index >= 15 is 0 Å². The number of hydrogen-bond donors (Lipinski definition) is 0. The molecule has 0 N–H and O–H groups in total. The van der Waals surface area contributed by atoms with E-state index < -0.39 is 0 Å². The van der Waals surface area contributed by atoms with Crippen LogP contribution in [0.5, 0.6) is 0 Å². The van der Waals surface area contributed by atoms with Crippen molar-refractivity contribution in [2.24, 2.45) is 0 Å². The molecule has 290 valence electrons. The molecule has 5 heteroatoms. The van der Waals surface area contributed by atoms with E-state index in [9.17, 15) is 0 Å². The third kappa shape index (κ3) is 6.35. The zero-order valence-corrected chi connectivity index (χ0v) is 34.3. The van der Waals surface area contributed by atoms with E-state index in [-0.39, 0.29) is 0 Å². The molecule has 0 fully saturated rings. The van der Waals surface area contributed by atoms with Crippen LogP contribution in [0.1, 0.15) is 0 Å². The molecular weight excluding hydrogens is 773 g/mol. The van der Waals surface area contributed by atoms with Gasteiger partial charge in [0, 0.05) is 53.3 Å². The lowest BCUT2D eigenvalue weighted by molar-refractivity contribution is 1.07. The third-order valence-electron chi connectivity index (χ3n) is 11.8. The lowest BCUT2D eigenvalue weighted by Gasteiger charge is -2.15. The maximum atomic E-state index is 5.28. The molecule has 0 unspecified atom stereocenters. The Balaban J connectivity index is 1.09. The molecule has 0 atom stereocenters. The summed E-state index contributed by atoms with van der Waals surface area (Å²) in [6, 6.07) is 77.6. The van der Waals surface area contributed by atoms with Gasteiger partial charge in [0.15, 0.2) is 17.5 Å². The van der Waals surface area contributed by atoms with E-state index in [4.69, 9.17) is 15.0 Å². The van der Waals surface area contributed by atoms with Crippen LogP contribution in [0, 0.1) is 0 Å². The summed E-state index contributed by atoms with van der Waals surface area (Å²) in [6.07, 6.45) is 0. The minimum Gasteiger partial charge on any atom is -0.309 e. The minimum absolute atomic E-state index is 0.608. The van der Waals surface area contributed by atoms with Gasteiger partial charge in [0.2, 0.25) is 0 Å². The van der Waals surface area contributed by atoms with Gasteiger partial charge in [-0.15, -0.1) is 11.3 Å². The maximum absolute atomic E-state index is 5.28. The smallest absolute Gasteiger partial charge is 0.164 e. The monoisotopic (exact) mass is 808 g/mol. The molecule has 0 radical (unpaired) electrons. The Morgan fingerprint density at radius 3 is 1.35 bits per heavy atom. The predicted octanol–water partition coefficient (Wildman–Crippen LogP) is 15.3. The Labute approximate surface area is 362 Å². The summed E-state index contributed by atoms with van der Waals surface area (Å²) in [5, 5.41) is 4.99. The molecule has 0 saturated carbocycles. The first kappa shape index (κ1) is 35.9. The molecular formula is C57H36N4S. The molecule has 0 saturated heterocycles. The van der Waals surface area contributed by atoms with Gasteiger partial charge in [-0.25, -0.2) is 15.0 Å². The molecule has 0 amide bonds. The van der Waals surface area contributed by atoms with Gasteiger partial charge in [-0.2, -0.15) is 0 Å². The van der Waals surface area contributed by atoms with Crippen LogP contribution in [0.15, 0.2) is 218 Å². The number of benzene rings is 9. The molecule has 0 spiro atoms. The molecule has 4 nitrogen and oxygen atoms in total. The van der Waals surface area contributed by atoms with E-state index in [1.807, 2.05) is 35.6 Å². The van der Waals surface area contributed by atoms with Crippen molar-refractivity contribution in [3.63, 3.8) is 0 Å². The minimum atomic E-state index is 0.608. The zero-order valence-electron chi connectivity index (χ0n) is 33.5. The van der Waals surface area contributed by atoms with Gasteiger partial charge in [0.05, 0.1) is 11.0 Å². The highest BCUT2D eigenvalue weighted by Crippen LogP contribution is 2.42. The summed E-state index contributed by atoms with van der Waals surface area (Å²) < 4.78 is 5.01. The predicted molar refractivity (Wildman–Crippen MR) is 260 cm³/mol. The van der Waals surface area contributed by atoms with Gasteiger partial charge in [-0.05, 0) is 75.8 Å². The number of rotatable bonds is 7. The molecule has 0 aliphatic heterocycles. The fourth-order valence-corrected chi connectivity index (χ4v) is 9.91. The zero-order chi connectivity index (χ0) is 41.0. The van der Waals surface area contributed by atoms with Crippen molar-refractivity contribution < 1.29 is 0 Å². The van der Waals surface area contributed by atoms with Crippen molar-refractivity contribution >= 4 is 53.3 Å². The molecule has 0 aliphatic rings. The second-order valence-electron chi connectivity index (χ2n) is 15.6. The second-order valence-corrected chi connectivity index (χ2v) is 16.7. The van der Waals surface area contributed by atoms with Gasteiger partial charge in [0.25, 0.3) is 0 Å². The molecule has 0 aliphatic carbocycles. The summed E-state index contributed by atoms with van der Waals surface area (Å²) >= 11 is 1.86. The Kier molecular flexibility index (Phi) is 8.65. The highest BCUT2D eigenvalue weighted by molar-refractivity contribution is 7.25. The SMILES string of the molecule is c1ccc(-c2ccc(-c3cc(-c4nc(-c5ccccc5)nc(-c5ccc(-c6ccccc6)cc5)n4)cc(-n4c5ccccc5c5cc6sc7ccccc7c6cc54)c3)cc2)cc1. The average Bonchev–Trinajstić information content (AvgIpc) is 3.88. The normalized spacial score (nSPS) is 11.5. The molecule has 9 aromatic carbocycles. The van der Waals surface area contributed by atoms with E-state index in [1.165, 1.54) is 47.6 Å². The van der Waals surface area contributed by atoms with E-state index in [2.05, 4.69) is 199 Å². The van der Waals surface area contributed by atoms with E-state index in [0.29, 0.717) is 17.5 Å². The Bertz CT molecular complexity index is 3590. The van der Waals surface area contributed by atoms with Gasteiger partial charge >= 0.3 is 0 Å². The van der Waals surface area contributed by atoms with Crippen molar-refractivity contribution in [2.75, 3.05) is 0 Å². The summed E-state index contributed by atoms with van der Waals surface area (Å²) in [5.74, 6) is 1.86. The Morgan fingerprint density at radius 1 is 0.274 bits per heavy atom. The van der Waals surface area contributed by atoms with Crippen LogP contribution >= 0.6 is 11.3 Å². The van der Waals surface area contributed by atoms with Gasteiger partial charge in [-0.1, -0.05) is 176 Å². The molecule has 3 aromatic heterocycles. The van der Waals surface area contributed by atoms with Crippen molar-refractivity contribution in [3.8, 4) is 73.2 Å². The van der Waals surface area contributed by atoms with E-state index in [1.54, 1.807) is 0 Å². The fraction of sp³-hybridized carbons (Fsp3) is 0. The van der Waals surface area contributed by atoms with Crippen LogP contribution in [0.25, 0.3) is 115 Å². The van der Waals surface area contributed by atoms with Crippen LogP contribution in [0.4, 0.5) is 0 Å². The third-order valence-corrected chi connectivity index (χ3v) is 13.0. The summed E-state index contributed by atoms with van der Waals surface area (Å²) in [6.45, 7) is 0. The molecule has 12 rings (SSSR count). The summed E-state index contributed by atoms with van der Waals surface area (Å²) in [5.41, 5.74) is 12.9. The molecule has 12 aromatic rings. The first-order chi connectivity index (χ1) is 30.7. The summed E-state index contributed by atoms with van der Waals surface area (Å²) in [4.78, 5) is 15.6. The fourth-order valence-electron chi connectivity index (χ4n) is 8.78. The Hall–Kier alpha value is -7.99. The lowest BCUT2D eigenvalue weighted by atomic mass is 9.98. The van der Waals surface area contributed by atoms with Crippen molar-refractivity contribution in [1.82, 2.24) is 19.5 Å². The summed E-state index contributed by atoms with van der Waals surface area (Å²) in [7, 11) is 0. The van der Waals surface area contributed by atoms with Crippen LogP contribution in [0.3, 0.4) is 0 Å². The van der Waals surface area contributed by atoms with Crippen molar-refractivity contribution in [1.29, 1.82) is 0 Å². The van der Waals surface area contributed by atoms with Crippen LogP contribution in [-0.2, 0) is 0 Å².